The Morgan fingerprint density at radius 3 is 2.36 bits per heavy atom. The van der Waals surface area contributed by atoms with Crippen LogP contribution >= 0.6 is 0 Å². The molecule has 8 heteroatoms. The van der Waals surface area contributed by atoms with E-state index in [0.717, 1.165) is 11.1 Å². The lowest BCUT2D eigenvalue weighted by atomic mass is 10.1. The van der Waals surface area contributed by atoms with E-state index in [4.69, 9.17) is 9.47 Å². The minimum Gasteiger partial charge on any atom is -0.482 e. The topological polar surface area (TPSA) is 90.0 Å². The number of rotatable bonds is 8. The number of ether oxygens (including phenoxy) is 2. The molecule has 0 saturated carbocycles. The van der Waals surface area contributed by atoms with Gasteiger partial charge in [0.15, 0.2) is 23.1 Å². The highest BCUT2D eigenvalue weighted by atomic mass is 32.2. The molecule has 0 spiro atoms. The minimum atomic E-state index is -3.12. The Labute approximate surface area is 166 Å². The molecule has 2 rings (SSSR count). The summed E-state index contributed by atoms with van der Waals surface area (Å²) >= 11 is 0. The number of hydrogen-bond acceptors (Lipinski definition) is 6. The van der Waals surface area contributed by atoms with Crippen molar-refractivity contribution in [1.82, 2.24) is 4.90 Å². The number of sulfone groups is 1. The van der Waals surface area contributed by atoms with E-state index in [1.165, 1.54) is 0 Å². The Morgan fingerprint density at radius 2 is 1.82 bits per heavy atom. The fourth-order valence-electron chi connectivity index (χ4n) is 3.42. The third-order valence-electron chi connectivity index (χ3n) is 4.86. The van der Waals surface area contributed by atoms with Crippen molar-refractivity contribution in [3.63, 3.8) is 0 Å². The number of amides is 1. The standard InChI is InChI=1S/C20H29NO6S/c1-5-16(4)21(17-6-7-28(24,25)13-17)19(22)11-27-20(23)12-26-18-9-14(2)8-15(3)10-18/h8-10,16-17H,5-7,11-13H2,1-4H3/t16-,17+/m0/s1. The molecule has 1 aromatic carbocycles. The molecule has 1 amide bonds. The zero-order valence-corrected chi connectivity index (χ0v) is 17.8. The largest absolute Gasteiger partial charge is 0.482 e. The lowest BCUT2D eigenvalue weighted by Crippen LogP contribution is -2.48. The first kappa shape index (κ1) is 22.2. The predicted octanol–water partition coefficient (Wildman–Crippen LogP) is 2.04. The third-order valence-corrected chi connectivity index (χ3v) is 6.61. The number of hydrogen-bond donors (Lipinski definition) is 0. The highest BCUT2D eigenvalue weighted by Gasteiger charge is 2.36. The monoisotopic (exact) mass is 411 g/mol. The van der Waals surface area contributed by atoms with Gasteiger partial charge in [-0.3, -0.25) is 4.79 Å². The Hall–Kier alpha value is -2.09. The summed E-state index contributed by atoms with van der Waals surface area (Å²) in [7, 11) is -3.12. The van der Waals surface area contributed by atoms with Crippen molar-refractivity contribution in [2.45, 2.75) is 52.6 Å². The first-order chi connectivity index (χ1) is 13.1. The zero-order valence-electron chi connectivity index (χ0n) is 16.9. The third kappa shape index (κ3) is 6.22. The maximum absolute atomic E-state index is 12.6. The molecule has 0 unspecified atom stereocenters. The van der Waals surface area contributed by atoms with Gasteiger partial charge in [-0.1, -0.05) is 13.0 Å². The van der Waals surface area contributed by atoms with Gasteiger partial charge in [0.25, 0.3) is 5.91 Å². The van der Waals surface area contributed by atoms with E-state index in [0.29, 0.717) is 18.6 Å². The van der Waals surface area contributed by atoms with E-state index in [-0.39, 0.29) is 36.1 Å². The van der Waals surface area contributed by atoms with Gasteiger partial charge in [0.05, 0.1) is 11.5 Å². The van der Waals surface area contributed by atoms with Gasteiger partial charge in [-0.25, -0.2) is 13.2 Å². The molecule has 0 aliphatic carbocycles. The molecule has 1 heterocycles. The van der Waals surface area contributed by atoms with Crippen molar-refractivity contribution in [3.8, 4) is 5.75 Å². The molecular formula is C20H29NO6S. The van der Waals surface area contributed by atoms with Gasteiger partial charge in [-0.05, 0) is 56.9 Å². The molecule has 0 N–H and O–H groups in total. The number of carbonyl (C=O) groups is 2. The lowest BCUT2D eigenvalue weighted by Gasteiger charge is -2.33. The SMILES string of the molecule is CC[C@H](C)N(C(=O)COC(=O)COc1cc(C)cc(C)c1)[C@@H]1CCS(=O)(=O)C1. The average Bonchev–Trinajstić information content (AvgIpc) is 2.96. The van der Waals surface area contributed by atoms with E-state index in [9.17, 15) is 18.0 Å². The molecule has 2 atom stereocenters. The molecule has 28 heavy (non-hydrogen) atoms. The van der Waals surface area contributed by atoms with Crippen molar-refractivity contribution in [1.29, 1.82) is 0 Å². The highest BCUT2D eigenvalue weighted by Crippen LogP contribution is 2.21. The number of nitrogens with zero attached hydrogens (tertiary/aromatic N) is 1. The van der Waals surface area contributed by atoms with Crippen LogP contribution in [0, 0.1) is 13.8 Å². The molecule has 1 aliphatic heterocycles. The van der Waals surface area contributed by atoms with Gasteiger partial charge < -0.3 is 14.4 Å². The van der Waals surface area contributed by atoms with E-state index in [2.05, 4.69) is 0 Å². The van der Waals surface area contributed by atoms with E-state index < -0.39 is 22.4 Å². The molecule has 7 nitrogen and oxygen atoms in total. The Morgan fingerprint density at radius 1 is 1.18 bits per heavy atom. The van der Waals surface area contributed by atoms with Gasteiger partial charge >= 0.3 is 5.97 Å². The fourth-order valence-corrected chi connectivity index (χ4v) is 5.13. The first-order valence-corrected chi connectivity index (χ1v) is 11.3. The van der Waals surface area contributed by atoms with Crippen LogP contribution in [0.2, 0.25) is 0 Å². The Kier molecular flexibility index (Phi) is 7.46. The van der Waals surface area contributed by atoms with Crippen molar-refractivity contribution >= 4 is 21.7 Å². The molecule has 0 radical (unpaired) electrons. The summed E-state index contributed by atoms with van der Waals surface area (Å²) in [6, 6.07) is 5.14. The molecular weight excluding hydrogens is 382 g/mol. The van der Waals surface area contributed by atoms with E-state index in [1.54, 1.807) is 4.90 Å². The summed E-state index contributed by atoms with van der Waals surface area (Å²) in [5.41, 5.74) is 2.04. The number of aryl methyl sites for hydroxylation is 2. The van der Waals surface area contributed by atoms with Crippen LogP contribution in [-0.2, 0) is 24.2 Å². The second kappa shape index (κ2) is 9.41. The highest BCUT2D eigenvalue weighted by molar-refractivity contribution is 7.91. The van der Waals surface area contributed by atoms with E-state index in [1.807, 2.05) is 45.9 Å². The van der Waals surface area contributed by atoms with Crippen molar-refractivity contribution in [3.05, 3.63) is 29.3 Å². The van der Waals surface area contributed by atoms with Gasteiger partial charge in [0, 0.05) is 12.1 Å². The summed E-state index contributed by atoms with van der Waals surface area (Å²) in [6.45, 7) is 6.95. The Bertz CT molecular complexity index is 800. The maximum Gasteiger partial charge on any atom is 0.344 e. The van der Waals surface area contributed by atoms with Crippen LogP contribution in [0.1, 0.15) is 37.8 Å². The van der Waals surface area contributed by atoms with Gasteiger partial charge in [0.1, 0.15) is 5.75 Å². The maximum atomic E-state index is 12.6. The number of benzene rings is 1. The van der Waals surface area contributed by atoms with Crippen molar-refractivity contribution in [2.24, 2.45) is 0 Å². The van der Waals surface area contributed by atoms with Gasteiger partial charge in [0.2, 0.25) is 0 Å². The van der Waals surface area contributed by atoms with Crippen LogP contribution in [0.3, 0.4) is 0 Å². The number of carbonyl (C=O) groups excluding carboxylic acids is 2. The summed E-state index contributed by atoms with van der Waals surface area (Å²) in [5, 5.41) is 0. The zero-order chi connectivity index (χ0) is 20.9. The summed E-state index contributed by atoms with van der Waals surface area (Å²) in [4.78, 5) is 26.1. The summed E-state index contributed by atoms with van der Waals surface area (Å²) < 4.78 is 34.1. The van der Waals surface area contributed by atoms with Crippen LogP contribution in [0.5, 0.6) is 5.75 Å². The molecule has 1 aromatic rings. The van der Waals surface area contributed by atoms with Gasteiger partial charge in [-0.15, -0.1) is 0 Å². The molecule has 156 valence electrons. The van der Waals surface area contributed by atoms with Crippen LogP contribution in [0.15, 0.2) is 18.2 Å². The minimum absolute atomic E-state index is 0.0349. The van der Waals surface area contributed by atoms with Crippen molar-refractivity contribution in [2.75, 3.05) is 24.7 Å². The molecule has 1 saturated heterocycles. The van der Waals surface area contributed by atoms with Crippen LogP contribution in [0.25, 0.3) is 0 Å². The second-order valence-electron chi connectivity index (χ2n) is 7.39. The predicted molar refractivity (Wildman–Crippen MR) is 106 cm³/mol. The van der Waals surface area contributed by atoms with Crippen molar-refractivity contribution < 1.29 is 27.5 Å². The first-order valence-electron chi connectivity index (χ1n) is 9.49. The smallest absolute Gasteiger partial charge is 0.344 e. The molecule has 1 fully saturated rings. The molecule has 0 aromatic heterocycles. The van der Waals surface area contributed by atoms with Crippen LogP contribution in [-0.4, -0.2) is 62.0 Å². The van der Waals surface area contributed by atoms with Crippen LogP contribution in [0.4, 0.5) is 0 Å². The quantitative estimate of drug-likeness (QED) is 0.608. The normalized spacial score (nSPS) is 19.1. The number of esters is 1. The second-order valence-corrected chi connectivity index (χ2v) is 9.62. The summed E-state index contributed by atoms with van der Waals surface area (Å²) in [6.07, 6.45) is 1.11. The summed E-state index contributed by atoms with van der Waals surface area (Å²) in [5.74, 6) is -0.404. The Balaban J connectivity index is 1.89. The van der Waals surface area contributed by atoms with Gasteiger partial charge in [-0.2, -0.15) is 0 Å². The average molecular weight is 412 g/mol. The molecule has 0 bridgehead atoms. The fraction of sp³-hybridized carbons (Fsp3) is 0.600. The van der Waals surface area contributed by atoms with E-state index >= 15 is 0 Å². The molecule has 1 aliphatic rings. The lowest BCUT2D eigenvalue weighted by molar-refractivity contribution is -0.155. The van der Waals surface area contributed by atoms with Crippen LogP contribution < -0.4 is 4.74 Å².